The summed E-state index contributed by atoms with van der Waals surface area (Å²) in [5.74, 6) is -0.243. The van der Waals surface area contributed by atoms with E-state index in [0.29, 0.717) is 6.61 Å². The Balaban J connectivity index is 2.36. The van der Waals surface area contributed by atoms with Gasteiger partial charge in [-0.15, -0.1) is 0 Å². The summed E-state index contributed by atoms with van der Waals surface area (Å²) in [4.78, 5) is 11.3. The molecule has 2 atom stereocenters. The molecule has 1 fully saturated rings. The summed E-state index contributed by atoms with van der Waals surface area (Å²) in [5.41, 5.74) is 2.40. The number of anilines is 1. The summed E-state index contributed by atoms with van der Waals surface area (Å²) < 4.78 is 5.20. The van der Waals surface area contributed by atoms with Gasteiger partial charge in [0.1, 0.15) is 11.7 Å². The van der Waals surface area contributed by atoms with E-state index < -0.39 is 5.60 Å². The Bertz CT molecular complexity index is 530. The average molecular weight is 261 g/mol. The molecule has 2 unspecified atom stereocenters. The number of hydrogen-bond acceptors (Lipinski definition) is 3. The van der Waals surface area contributed by atoms with Crippen molar-refractivity contribution in [2.75, 3.05) is 11.9 Å². The summed E-state index contributed by atoms with van der Waals surface area (Å²) in [6, 6.07) is 3.76. The van der Waals surface area contributed by atoms with Crippen molar-refractivity contribution >= 4 is 11.6 Å². The van der Waals surface area contributed by atoms with Gasteiger partial charge >= 0.3 is 0 Å². The monoisotopic (exact) mass is 261 g/mol. The van der Waals surface area contributed by atoms with Gasteiger partial charge in [-0.2, -0.15) is 0 Å². The number of epoxide rings is 1. The Hall–Kier alpha value is -1.65. The van der Waals surface area contributed by atoms with Crippen molar-refractivity contribution in [1.82, 2.24) is 0 Å². The van der Waals surface area contributed by atoms with E-state index in [1.165, 1.54) is 6.08 Å². The van der Waals surface area contributed by atoms with Gasteiger partial charge in [-0.25, -0.2) is 0 Å². The van der Waals surface area contributed by atoms with Gasteiger partial charge in [0.25, 0.3) is 0 Å². The van der Waals surface area contributed by atoms with E-state index in [0.717, 1.165) is 22.4 Å². The number of rotatable bonds is 4. The number of carbonyl (C=O) groups is 1. The second-order valence-corrected chi connectivity index (χ2v) is 5.14. The van der Waals surface area contributed by atoms with E-state index >= 15 is 0 Å². The molecule has 1 saturated heterocycles. The molecule has 102 valence electrons. The molecule has 0 aromatic heterocycles. The van der Waals surface area contributed by atoms with Crippen molar-refractivity contribution in [3.63, 3.8) is 0 Å². The van der Waals surface area contributed by atoms with Crippen LogP contribution in [-0.4, -0.2) is 23.7 Å². The molecule has 2 N–H and O–H groups in total. The molecular weight excluding hydrogens is 242 g/mol. The first kappa shape index (κ1) is 13.8. The predicted octanol–water partition coefficient (Wildman–Crippen LogP) is 2.03. The summed E-state index contributed by atoms with van der Waals surface area (Å²) in [7, 11) is 0. The minimum Gasteiger partial charge on any atom is -0.383 e. The van der Waals surface area contributed by atoms with Gasteiger partial charge in [-0.1, -0.05) is 12.6 Å². The van der Waals surface area contributed by atoms with Gasteiger partial charge in [0, 0.05) is 5.69 Å². The molecule has 0 saturated carbocycles. The number of hydrogen-bond donors (Lipinski definition) is 2. The maximum Gasteiger partial charge on any atom is 0.247 e. The lowest BCUT2D eigenvalue weighted by Gasteiger charge is -2.25. The average Bonchev–Trinajstić information content (AvgIpc) is 3.17. The van der Waals surface area contributed by atoms with Crippen LogP contribution >= 0.6 is 0 Å². The molecule has 2 rings (SSSR count). The zero-order valence-corrected chi connectivity index (χ0v) is 11.5. The van der Waals surface area contributed by atoms with Crippen molar-refractivity contribution in [2.45, 2.75) is 32.5 Å². The van der Waals surface area contributed by atoms with E-state index in [1.807, 2.05) is 26.0 Å². The lowest BCUT2D eigenvalue weighted by molar-refractivity contribution is -0.111. The zero-order valence-electron chi connectivity index (χ0n) is 11.5. The molecule has 0 aliphatic carbocycles. The second-order valence-electron chi connectivity index (χ2n) is 5.14. The van der Waals surface area contributed by atoms with E-state index in [-0.39, 0.29) is 12.0 Å². The third kappa shape index (κ3) is 2.69. The molecule has 1 aromatic carbocycles. The molecule has 1 amide bonds. The SMILES string of the molecule is C=CC(=O)Nc1cc(C)c(C(C)(O)C2CO2)cc1C. The molecular formula is C15H19NO3. The Morgan fingerprint density at radius 3 is 2.68 bits per heavy atom. The number of nitrogens with one attached hydrogen (secondary N) is 1. The first-order chi connectivity index (χ1) is 8.86. The van der Waals surface area contributed by atoms with Gasteiger partial charge < -0.3 is 15.2 Å². The van der Waals surface area contributed by atoms with Crippen LogP contribution in [0.3, 0.4) is 0 Å². The molecule has 0 radical (unpaired) electrons. The van der Waals surface area contributed by atoms with Gasteiger partial charge in [-0.3, -0.25) is 4.79 Å². The van der Waals surface area contributed by atoms with E-state index in [9.17, 15) is 9.90 Å². The maximum atomic E-state index is 11.3. The Labute approximate surface area is 113 Å². The third-order valence-corrected chi connectivity index (χ3v) is 3.52. The van der Waals surface area contributed by atoms with Gasteiger partial charge in [0.2, 0.25) is 5.91 Å². The van der Waals surface area contributed by atoms with Crippen LogP contribution in [0, 0.1) is 13.8 Å². The third-order valence-electron chi connectivity index (χ3n) is 3.52. The second kappa shape index (κ2) is 4.79. The van der Waals surface area contributed by atoms with E-state index in [2.05, 4.69) is 11.9 Å². The topological polar surface area (TPSA) is 61.9 Å². The van der Waals surface area contributed by atoms with Crippen molar-refractivity contribution < 1.29 is 14.6 Å². The van der Waals surface area contributed by atoms with Gasteiger partial charge in [0.15, 0.2) is 0 Å². The number of ether oxygens (including phenoxy) is 1. The lowest BCUT2D eigenvalue weighted by atomic mass is 9.87. The molecule has 1 heterocycles. The molecule has 1 aliphatic rings. The van der Waals surface area contributed by atoms with Crippen LogP contribution in [0.25, 0.3) is 0 Å². The molecule has 4 heteroatoms. The lowest BCUT2D eigenvalue weighted by Crippen LogP contribution is -2.29. The summed E-state index contributed by atoms with van der Waals surface area (Å²) in [6.45, 7) is 9.58. The molecule has 1 aromatic rings. The fourth-order valence-electron chi connectivity index (χ4n) is 2.23. The Morgan fingerprint density at radius 1 is 1.53 bits per heavy atom. The van der Waals surface area contributed by atoms with Gasteiger partial charge in [-0.05, 0) is 49.6 Å². The largest absolute Gasteiger partial charge is 0.383 e. The van der Waals surface area contributed by atoms with E-state index in [1.54, 1.807) is 6.92 Å². The normalized spacial score (nSPS) is 20.5. The molecule has 0 spiro atoms. The smallest absolute Gasteiger partial charge is 0.247 e. The Morgan fingerprint density at radius 2 is 2.16 bits per heavy atom. The molecule has 1 aliphatic heterocycles. The fraction of sp³-hybridized carbons (Fsp3) is 0.400. The van der Waals surface area contributed by atoms with Crippen molar-refractivity contribution in [3.05, 3.63) is 41.5 Å². The summed E-state index contributed by atoms with van der Waals surface area (Å²) >= 11 is 0. The van der Waals surface area contributed by atoms with Crippen LogP contribution in [0.2, 0.25) is 0 Å². The standard InChI is InChI=1S/C15H19NO3/c1-5-14(17)16-12-7-9(2)11(6-10(12)3)15(4,18)13-8-19-13/h5-7,13,18H,1,8H2,2-4H3,(H,16,17). The minimum atomic E-state index is -0.990. The van der Waals surface area contributed by atoms with Crippen molar-refractivity contribution in [2.24, 2.45) is 0 Å². The quantitative estimate of drug-likeness (QED) is 0.644. The van der Waals surface area contributed by atoms with Crippen LogP contribution in [0.1, 0.15) is 23.6 Å². The first-order valence-electron chi connectivity index (χ1n) is 6.25. The fourth-order valence-corrected chi connectivity index (χ4v) is 2.23. The molecule has 19 heavy (non-hydrogen) atoms. The highest BCUT2D eigenvalue weighted by Gasteiger charge is 2.44. The number of amides is 1. The predicted molar refractivity (Wildman–Crippen MR) is 74.1 cm³/mol. The van der Waals surface area contributed by atoms with Crippen LogP contribution in [-0.2, 0) is 15.1 Å². The summed E-state index contributed by atoms with van der Waals surface area (Å²) in [6.07, 6.45) is 1.09. The minimum absolute atomic E-state index is 0.140. The Kier molecular flexibility index (Phi) is 3.47. The highest BCUT2D eigenvalue weighted by atomic mass is 16.6. The number of aliphatic hydroxyl groups is 1. The van der Waals surface area contributed by atoms with Crippen molar-refractivity contribution in [3.8, 4) is 0 Å². The number of aryl methyl sites for hydroxylation is 2. The highest BCUT2D eigenvalue weighted by molar-refractivity contribution is 5.99. The number of carbonyl (C=O) groups excluding carboxylic acids is 1. The van der Waals surface area contributed by atoms with E-state index in [4.69, 9.17) is 4.74 Å². The van der Waals surface area contributed by atoms with Crippen molar-refractivity contribution in [1.29, 1.82) is 0 Å². The summed E-state index contributed by atoms with van der Waals surface area (Å²) in [5, 5.41) is 13.3. The van der Waals surface area contributed by atoms with Crippen LogP contribution in [0.15, 0.2) is 24.8 Å². The van der Waals surface area contributed by atoms with Crippen LogP contribution in [0.4, 0.5) is 5.69 Å². The number of benzene rings is 1. The van der Waals surface area contributed by atoms with Crippen LogP contribution in [0.5, 0.6) is 0 Å². The maximum absolute atomic E-state index is 11.3. The molecule has 4 nitrogen and oxygen atoms in total. The van der Waals surface area contributed by atoms with Crippen LogP contribution < -0.4 is 5.32 Å². The first-order valence-corrected chi connectivity index (χ1v) is 6.25. The molecule has 0 bridgehead atoms. The zero-order chi connectivity index (χ0) is 14.2. The highest BCUT2D eigenvalue weighted by Crippen LogP contribution is 2.37. The van der Waals surface area contributed by atoms with Gasteiger partial charge in [0.05, 0.1) is 6.61 Å².